The molecular formula is C19H20O2. The van der Waals surface area contributed by atoms with E-state index >= 15 is 0 Å². The molecule has 0 saturated heterocycles. The molecular weight excluding hydrogens is 260 g/mol. The van der Waals surface area contributed by atoms with E-state index < -0.39 is 0 Å². The topological polar surface area (TPSA) is 34.1 Å². The van der Waals surface area contributed by atoms with E-state index in [1.54, 1.807) is 6.07 Å². The number of benzene rings is 2. The Morgan fingerprint density at radius 3 is 1.95 bits per heavy atom. The van der Waals surface area contributed by atoms with Crippen molar-refractivity contribution < 1.29 is 9.59 Å². The lowest BCUT2D eigenvalue weighted by molar-refractivity contribution is 0.0917. The molecule has 0 unspecified atom stereocenters. The smallest absolute Gasteiger partial charge is 0.163 e. The maximum atomic E-state index is 12.2. The highest BCUT2D eigenvalue weighted by atomic mass is 16.1. The van der Waals surface area contributed by atoms with Crippen LogP contribution in [0, 0.1) is 20.8 Å². The van der Waals surface area contributed by atoms with Gasteiger partial charge in [0.25, 0.3) is 0 Å². The number of hydrogen-bond donors (Lipinski definition) is 0. The van der Waals surface area contributed by atoms with Gasteiger partial charge in [0.1, 0.15) is 0 Å². The first-order valence-corrected chi connectivity index (χ1v) is 7.17. The van der Waals surface area contributed by atoms with Gasteiger partial charge >= 0.3 is 0 Å². The van der Waals surface area contributed by atoms with Gasteiger partial charge in [0.15, 0.2) is 11.6 Å². The van der Waals surface area contributed by atoms with Crippen LogP contribution in [-0.4, -0.2) is 11.6 Å². The van der Waals surface area contributed by atoms with Crippen LogP contribution in [0.2, 0.25) is 0 Å². The molecule has 0 aliphatic heterocycles. The highest BCUT2D eigenvalue weighted by Crippen LogP contribution is 2.14. The van der Waals surface area contributed by atoms with Gasteiger partial charge in [-0.3, -0.25) is 9.59 Å². The van der Waals surface area contributed by atoms with E-state index in [2.05, 4.69) is 0 Å². The number of Topliss-reactive ketones (excluding diaryl/α,β-unsaturated/α-hetero) is 2. The Balaban J connectivity index is 2.00. The average molecular weight is 280 g/mol. The molecule has 21 heavy (non-hydrogen) atoms. The Morgan fingerprint density at radius 1 is 0.762 bits per heavy atom. The lowest BCUT2D eigenvalue weighted by atomic mass is 9.98. The molecule has 0 aliphatic carbocycles. The number of aryl methyl sites for hydroxylation is 3. The molecule has 108 valence electrons. The molecule has 2 nitrogen and oxygen atoms in total. The minimum atomic E-state index is 0.0240. The van der Waals surface area contributed by atoms with E-state index in [-0.39, 0.29) is 24.4 Å². The molecule has 0 saturated carbocycles. The van der Waals surface area contributed by atoms with Gasteiger partial charge in [0.05, 0.1) is 0 Å². The molecule has 0 fully saturated rings. The molecule has 0 spiro atoms. The Labute approximate surface area is 125 Å². The predicted octanol–water partition coefficient (Wildman–Crippen LogP) is 4.46. The van der Waals surface area contributed by atoms with Crippen LogP contribution in [0.15, 0.2) is 42.5 Å². The quantitative estimate of drug-likeness (QED) is 0.758. The average Bonchev–Trinajstić information content (AvgIpc) is 2.47. The molecule has 0 radical (unpaired) electrons. The SMILES string of the molecule is Cc1cccc(C(=O)CCC(=O)c2ccc(C)c(C)c2)c1. The second-order valence-corrected chi connectivity index (χ2v) is 5.51. The van der Waals surface area contributed by atoms with Crippen molar-refractivity contribution >= 4 is 11.6 Å². The van der Waals surface area contributed by atoms with Crippen molar-refractivity contribution in [3.8, 4) is 0 Å². The van der Waals surface area contributed by atoms with Crippen LogP contribution in [-0.2, 0) is 0 Å². The predicted molar refractivity (Wildman–Crippen MR) is 85.0 cm³/mol. The third-order valence-corrected chi connectivity index (χ3v) is 3.75. The van der Waals surface area contributed by atoms with E-state index in [0.29, 0.717) is 11.1 Å². The summed E-state index contributed by atoms with van der Waals surface area (Å²) in [7, 11) is 0. The van der Waals surface area contributed by atoms with Crippen LogP contribution in [0.3, 0.4) is 0 Å². The Hall–Kier alpha value is -2.22. The molecule has 2 rings (SSSR count). The summed E-state index contributed by atoms with van der Waals surface area (Å²) in [6.07, 6.45) is 0.518. The maximum Gasteiger partial charge on any atom is 0.163 e. The Kier molecular flexibility index (Phi) is 4.69. The van der Waals surface area contributed by atoms with Crippen LogP contribution in [0.1, 0.15) is 50.2 Å². The summed E-state index contributed by atoms with van der Waals surface area (Å²) in [5.41, 5.74) is 4.70. The normalized spacial score (nSPS) is 10.4. The summed E-state index contributed by atoms with van der Waals surface area (Å²) >= 11 is 0. The molecule has 2 aromatic carbocycles. The monoisotopic (exact) mass is 280 g/mol. The molecule has 2 heteroatoms. The van der Waals surface area contributed by atoms with Gasteiger partial charge in [-0.2, -0.15) is 0 Å². The molecule has 0 bridgehead atoms. The molecule has 0 heterocycles. The molecule has 0 aromatic heterocycles. The van der Waals surface area contributed by atoms with Crippen LogP contribution in [0.4, 0.5) is 0 Å². The van der Waals surface area contributed by atoms with Crippen molar-refractivity contribution in [2.45, 2.75) is 33.6 Å². The van der Waals surface area contributed by atoms with Crippen molar-refractivity contribution in [3.05, 3.63) is 70.3 Å². The fourth-order valence-corrected chi connectivity index (χ4v) is 2.25. The van der Waals surface area contributed by atoms with Gasteiger partial charge in [0, 0.05) is 24.0 Å². The van der Waals surface area contributed by atoms with E-state index in [4.69, 9.17) is 0 Å². The summed E-state index contributed by atoms with van der Waals surface area (Å²) in [6, 6.07) is 13.2. The third-order valence-electron chi connectivity index (χ3n) is 3.75. The van der Waals surface area contributed by atoms with Gasteiger partial charge in [-0.05, 0) is 44.0 Å². The Bertz CT molecular complexity index is 684. The first-order chi connectivity index (χ1) is 9.97. The maximum absolute atomic E-state index is 12.2. The number of rotatable bonds is 5. The van der Waals surface area contributed by atoms with Gasteiger partial charge in [-0.1, -0.05) is 35.9 Å². The number of carbonyl (C=O) groups is 2. The lowest BCUT2D eigenvalue weighted by Gasteiger charge is -2.05. The van der Waals surface area contributed by atoms with E-state index in [1.807, 2.05) is 57.2 Å². The van der Waals surface area contributed by atoms with Crippen LogP contribution in [0.5, 0.6) is 0 Å². The second kappa shape index (κ2) is 6.49. The van der Waals surface area contributed by atoms with Gasteiger partial charge in [0.2, 0.25) is 0 Å². The molecule has 0 atom stereocenters. The van der Waals surface area contributed by atoms with E-state index in [9.17, 15) is 9.59 Å². The first kappa shape index (κ1) is 15.2. The Morgan fingerprint density at radius 2 is 1.38 bits per heavy atom. The van der Waals surface area contributed by atoms with Crippen LogP contribution >= 0.6 is 0 Å². The van der Waals surface area contributed by atoms with Crippen molar-refractivity contribution in [1.82, 2.24) is 0 Å². The molecule has 2 aromatic rings. The van der Waals surface area contributed by atoms with Crippen LogP contribution in [0.25, 0.3) is 0 Å². The van der Waals surface area contributed by atoms with Crippen LogP contribution < -0.4 is 0 Å². The van der Waals surface area contributed by atoms with Gasteiger partial charge < -0.3 is 0 Å². The molecule has 0 N–H and O–H groups in total. The fourth-order valence-electron chi connectivity index (χ4n) is 2.25. The highest BCUT2D eigenvalue weighted by molar-refractivity contribution is 6.02. The van der Waals surface area contributed by atoms with Crippen molar-refractivity contribution in [3.63, 3.8) is 0 Å². The van der Waals surface area contributed by atoms with Crippen molar-refractivity contribution in [2.75, 3.05) is 0 Å². The zero-order chi connectivity index (χ0) is 15.4. The van der Waals surface area contributed by atoms with E-state index in [1.165, 1.54) is 5.56 Å². The second-order valence-electron chi connectivity index (χ2n) is 5.51. The summed E-state index contributed by atoms with van der Waals surface area (Å²) < 4.78 is 0. The minimum Gasteiger partial charge on any atom is -0.294 e. The summed E-state index contributed by atoms with van der Waals surface area (Å²) in [5.74, 6) is 0.0509. The molecule has 0 amide bonds. The summed E-state index contributed by atoms with van der Waals surface area (Å²) in [5, 5.41) is 0. The number of hydrogen-bond acceptors (Lipinski definition) is 2. The number of carbonyl (C=O) groups excluding carboxylic acids is 2. The van der Waals surface area contributed by atoms with E-state index in [0.717, 1.165) is 11.1 Å². The zero-order valence-electron chi connectivity index (χ0n) is 12.8. The highest BCUT2D eigenvalue weighted by Gasteiger charge is 2.11. The first-order valence-electron chi connectivity index (χ1n) is 7.17. The standard InChI is InChI=1S/C19H20O2/c1-13-5-4-6-16(11-13)18(20)9-10-19(21)17-8-7-14(2)15(3)12-17/h4-8,11-12H,9-10H2,1-3H3. The van der Waals surface area contributed by atoms with Gasteiger partial charge in [-0.15, -0.1) is 0 Å². The molecule has 0 aliphatic rings. The fraction of sp³-hybridized carbons (Fsp3) is 0.263. The lowest BCUT2D eigenvalue weighted by Crippen LogP contribution is -2.06. The summed E-state index contributed by atoms with van der Waals surface area (Å²) in [4.78, 5) is 24.3. The third kappa shape index (κ3) is 3.88. The van der Waals surface area contributed by atoms with Crippen molar-refractivity contribution in [1.29, 1.82) is 0 Å². The largest absolute Gasteiger partial charge is 0.294 e. The summed E-state index contributed by atoms with van der Waals surface area (Å²) in [6.45, 7) is 5.96. The van der Waals surface area contributed by atoms with Crippen molar-refractivity contribution in [2.24, 2.45) is 0 Å². The zero-order valence-corrected chi connectivity index (χ0v) is 12.8. The van der Waals surface area contributed by atoms with Gasteiger partial charge in [-0.25, -0.2) is 0 Å². The number of ketones is 2. The minimum absolute atomic E-state index is 0.0240.